The number of hydrogen-bond acceptors (Lipinski definition) is 5. The lowest BCUT2D eigenvalue weighted by atomic mass is 10.1. The Morgan fingerprint density at radius 1 is 0.397 bits per heavy atom. The summed E-state index contributed by atoms with van der Waals surface area (Å²) in [5.41, 5.74) is 0. The first-order chi connectivity index (χ1) is 28.6. The van der Waals surface area contributed by atoms with E-state index in [9.17, 15) is 9.59 Å². The van der Waals surface area contributed by atoms with Gasteiger partial charge in [0.15, 0.2) is 6.10 Å². The van der Waals surface area contributed by atoms with Gasteiger partial charge < -0.3 is 14.2 Å². The topological polar surface area (TPSA) is 61.8 Å². The summed E-state index contributed by atoms with van der Waals surface area (Å²) in [5, 5.41) is 0. The summed E-state index contributed by atoms with van der Waals surface area (Å²) < 4.78 is 17.2. The Bertz CT molecular complexity index is 1050. The van der Waals surface area contributed by atoms with Gasteiger partial charge in [-0.1, -0.05) is 203 Å². The second-order valence-corrected chi connectivity index (χ2v) is 16.0. The first-order valence-electron chi connectivity index (χ1n) is 24.5. The van der Waals surface area contributed by atoms with Crippen molar-refractivity contribution < 1.29 is 23.8 Å². The fourth-order valence-corrected chi connectivity index (χ4v) is 6.60. The summed E-state index contributed by atoms with van der Waals surface area (Å²) in [4.78, 5) is 25.2. The van der Waals surface area contributed by atoms with Crippen LogP contribution in [-0.2, 0) is 23.8 Å². The predicted octanol–water partition coefficient (Wildman–Crippen LogP) is 16.3. The molecule has 58 heavy (non-hydrogen) atoms. The number of allylic oxidation sites excluding steroid dienone is 12. The fourth-order valence-electron chi connectivity index (χ4n) is 6.60. The third-order valence-corrected chi connectivity index (χ3v) is 10.2. The largest absolute Gasteiger partial charge is 0.462 e. The Hall–Kier alpha value is -2.66. The van der Waals surface area contributed by atoms with Gasteiger partial charge in [-0.05, 0) is 83.5 Å². The monoisotopic (exact) mass is 809 g/mol. The first-order valence-corrected chi connectivity index (χ1v) is 24.5. The molecule has 0 amide bonds. The molecule has 0 saturated carbocycles. The first kappa shape index (κ1) is 55.3. The van der Waals surface area contributed by atoms with Crippen LogP contribution in [0, 0.1) is 0 Å². The molecular weight excluding hydrogens is 717 g/mol. The molecule has 5 heteroatoms. The molecule has 0 aromatic heterocycles. The van der Waals surface area contributed by atoms with Crippen molar-refractivity contribution in [2.75, 3.05) is 19.8 Å². The Balaban J connectivity index is 4.17. The number of esters is 2. The second-order valence-electron chi connectivity index (χ2n) is 16.0. The minimum atomic E-state index is -0.564. The molecule has 0 aromatic rings. The van der Waals surface area contributed by atoms with E-state index in [1.54, 1.807) is 0 Å². The Kier molecular flexibility index (Phi) is 46.5. The maximum atomic E-state index is 12.7. The highest BCUT2D eigenvalue weighted by Gasteiger charge is 2.17. The molecule has 0 aliphatic heterocycles. The summed E-state index contributed by atoms with van der Waals surface area (Å²) in [7, 11) is 0. The van der Waals surface area contributed by atoms with Gasteiger partial charge in [0, 0.05) is 19.4 Å². The molecule has 0 bridgehead atoms. The molecule has 1 unspecified atom stereocenters. The van der Waals surface area contributed by atoms with E-state index in [1.165, 1.54) is 122 Å². The van der Waals surface area contributed by atoms with Gasteiger partial charge in [-0.3, -0.25) is 9.59 Å². The van der Waals surface area contributed by atoms with Gasteiger partial charge in [-0.2, -0.15) is 0 Å². The normalized spacial score (nSPS) is 12.8. The summed E-state index contributed by atoms with van der Waals surface area (Å²) >= 11 is 0. The van der Waals surface area contributed by atoms with Crippen molar-refractivity contribution in [3.05, 3.63) is 72.9 Å². The molecule has 0 rings (SSSR count). The molecular formula is C53H92O5. The lowest BCUT2D eigenvalue weighted by Gasteiger charge is -2.18. The van der Waals surface area contributed by atoms with Crippen LogP contribution in [0.25, 0.3) is 0 Å². The second kappa shape index (κ2) is 48.7. The van der Waals surface area contributed by atoms with E-state index in [0.29, 0.717) is 19.4 Å². The quantitative estimate of drug-likeness (QED) is 0.0348. The van der Waals surface area contributed by atoms with Crippen molar-refractivity contribution in [1.82, 2.24) is 0 Å². The van der Waals surface area contributed by atoms with Crippen LogP contribution >= 0.6 is 0 Å². The zero-order chi connectivity index (χ0) is 42.1. The third kappa shape index (κ3) is 46.0. The van der Waals surface area contributed by atoms with Crippen molar-refractivity contribution in [3.63, 3.8) is 0 Å². The van der Waals surface area contributed by atoms with E-state index in [-0.39, 0.29) is 25.2 Å². The average Bonchev–Trinajstić information content (AvgIpc) is 3.22. The van der Waals surface area contributed by atoms with Gasteiger partial charge in [-0.25, -0.2) is 0 Å². The Morgan fingerprint density at radius 3 is 1.31 bits per heavy atom. The van der Waals surface area contributed by atoms with Gasteiger partial charge in [0.05, 0.1) is 6.61 Å². The zero-order valence-electron chi connectivity index (χ0n) is 38.3. The fraction of sp³-hybridized carbons (Fsp3) is 0.736. The highest BCUT2D eigenvalue weighted by Crippen LogP contribution is 2.13. The van der Waals surface area contributed by atoms with Gasteiger partial charge >= 0.3 is 11.9 Å². The minimum absolute atomic E-state index is 0.0603. The van der Waals surface area contributed by atoms with Crippen LogP contribution in [0.4, 0.5) is 0 Å². The van der Waals surface area contributed by atoms with Crippen LogP contribution in [0.5, 0.6) is 0 Å². The standard InChI is InChI=1S/C53H92O5/c1-4-7-10-13-16-18-20-22-24-26-27-29-30-32-34-36-38-40-43-46-52(54)57-50-51(49-56-48-45-42-15-12-9-6-3)58-53(55)47-44-41-39-37-35-33-31-28-25-23-21-19-17-14-11-8-5-2/h8,11,17,19,22-25,31,33,37,39,51H,4-7,9-10,12-16,18,20-21,26-30,32,34-36,38,40-50H2,1-3H3/b11-8-,19-17-,24-22-,25-23-,33-31-,39-37-. The third-order valence-electron chi connectivity index (χ3n) is 10.2. The van der Waals surface area contributed by atoms with Crippen LogP contribution in [0.2, 0.25) is 0 Å². The van der Waals surface area contributed by atoms with Gasteiger partial charge in [0.2, 0.25) is 0 Å². The number of carbonyl (C=O) groups excluding carboxylic acids is 2. The smallest absolute Gasteiger partial charge is 0.306 e. The Labute approximate surface area is 359 Å². The number of carbonyl (C=O) groups is 2. The summed E-state index contributed by atoms with van der Waals surface area (Å²) in [6.07, 6.45) is 62.1. The molecule has 0 saturated heterocycles. The summed E-state index contributed by atoms with van der Waals surface area (Å²) in [5.74, 6) is -0.469. The molecule has 0 aliphatic rings. The van der Waals surface area contributed by atoms with Crippen LogP contribution in [0.15, 0.2) is 72.9 Å². The molecule has 0 aromatic carbocycles. The molecule has 0 radical (unpaired) electrons. The lowest BCUT2D eigenvalue weighted by molar-refractivity contribution is -0.162. The van der Waals surface area contributed by atoms with E-state index in [1.807, 2.05) is 0 Å². The SMILES string of the molecule is CC/C=C\C/C=C\C/C=C\C/C=C\C/C=C\CCCC(=O)OC(COCCCCCCCC)COC(=O)CCCCCCCCCCC/C=C\CCCCCCCC. The molecule has 0 aliphatic carbocycles. The van der Waals surface area contributed by atoms with E-state index in [0.717, 1.165) is 70.6 Å². The minimum Gasteiger partial charge on any atom is -0.462 e. The maximum absolute atomic E-state index is 12.7. The summed E-state index contributed by atoms with van der Waals surface area (Å²) in [6, 6.07) is 0. The molecule has 5 nitrogen and oxygen atoms in total. The van der Waals surface area contributed by atoms with Crippen molar-refractivity contribution in [2.24, 2.45) is 0 Å². The van der Waals surface area contributed by atoms with Crippen molar-refractivity contribution >= 4 is 11.9 Å². The van der Waals surface area contributed by atoms with E-state index in [4.69, 9.17) is 14.2 Å². The van der Waals surface area contributed by atoms with Crippen LogP contribution < -0.4 is 0 Å². The highest BCUT2D eigenvalue weighted by atomic mass is 16.6. The van der Waals surface area contributed by atoms with E-state index >= 15 is 0 Å². The number of ether oxygens (including phenoxy) is 3. The molecule has 334 valence electrons. The number of unbranched alkanes of at least 4 members (excludes halogenated alkanes) is 21. The number of rotatable bonds is 44. The predicted molar refractivity (Wildman–Crippen MR) is 251 cm³/mol. The van der Waals surface area contributed by atoms with Gasteiger partial charge in [-0.15, -0.1) is 0 Å². The molecule has 1 atom stereocenters. The van der Waals surface area contributed by atoms with Gasteiger partial charge in [0.1, 0.15) is 6.61 Å². The van der Waals surface area contributed by atoms with Crippen LogP contribution in [0.1, 0.15) is 226 Å². The average molecular weight is 809 g/mol. The van der Waals surface area contributed by atoms with E-state index < -0.39 is 6.10 Å². The highest BCUT2D eigenvalue weighted by molar-refractivity contribution is 5.70. The lowest BCUT2D eigenvalue weighted by Crippen LogP contribution is -2.30. The van der Waals surface area contributed by atoms with Crippen LogP contribution in [0.3, 0.4) is 0 Å². The molecule has 0 spiro atoms. The maximum Gasteiger partial charge on any atom is 0.306 e. The van der Waals surface area contributed by atoms with E-state index in [2.05, 4.69) is 93.7 Å². The van der Waals surface area contributed by atoms with Crippen molar-refractivity contribution in [3.8, 4) is 0 Å². The zero-order valence-corrected chi connectivity index (χ0v) is 38.3. The summed E-state index contributed by atoms with van der Waals surface area (Å²) in [6.45, 7) is 7.61. The molecule has 0 heterocycles. The molecule has 0 fully saturated rings. The van der Waals surface area contributed by atoms with Crippen molar-refractivity contribution in [2.45, 2.75) is 232 Å². The molecule has 0 N–H and O–H groups in total. The van der Waals surface area contributed by atoms with Gasteiger partial charge in [0.25, 0.3) is 0 Å². The van der Waals surface area contributed by atoms with Crippen molar-refractivity contribution in [1.29, 1.82) is 0 Å². The number of hydrogen-bond donors (Lipinski definition) is 0. The van der Waals surface area contributed by atoms with Crippen LogP contribution in [-0.4, -0.2) is 37.9 Å². The Morgan fingerprint density at radius 2 is 0.793 bits per heavy atom.